The maximum atomic E-state index is 11.9. The summed E-state index contributed by atoms with van der Waals surface area (Å²) in [6.45, 7) is 0.409. The van der Waals surface area contributed by atoms with Gasteiger partial charge in [0.15, 0.2) is 9.84 Å². The molecule has 0 aliphatic heterocycles. The van der Waals surface area contributed by atoms with Gasteiger partial charge in [0.05, 0.1) is 15.7 Å². The van der Waals surface area contributed by atoms with Crippen molar-refractivity contribution in [3.63, 3.8) is 0 Å². The number of ether oxygens (including phenoxy) is 1. The molecule has 0 saturated heterocycles. The molecule has 0 unspecified atom stereocenters. The maximum absolute atomic E-state index is 11.9. The van der Waals surface area contributed by atoms with Crippen molar-refractivity contribution in [1.29, 1.82) is 0 Å². The van der Waals surface area contributed by atoms with Gasteiger partial charge in [-0.3, -0.25) is 0 Å². The summed E-state index contributed by atoms with van der Waals surface area (Å²) < 4.78 is 28.5. The minimum Gasteiger partial charge on any atom is -0.399 e. The first-order valence-electron chi connectivity index (χ1n) is 4.74. The Hall–Kier alpha value is -0.780. The smallest absolute Gasteiger partial charge is 0.179 e. The zero-order chi connectivity index (χ0) is 12.2. The summed E-state index contributed by atoms with van der Waals surface area (Å²) in [4.78, 5) is 0.125. The van der Waals surface area contributed by atoms with Crippen molar-refractivity contribution < 1.29 is 13.2 Å². The van der Waals surface area contributed by atoms with Crippen LogP contribution in [0.1, 0.15) is 6.42 Å². The van der Waals surface area contributed by atoms with Gasteiger partial charge >= 0.3 is 0 Å². The molecule has 0 heterocycles. The monoisotopic (exact) mass is 263 g/mol. The van der Waals surface area contributed by atoms with E-state index in [1.54, 1.807) is 0 Å². The quantitative estimate of drug-likeness (QED) is 0.649. The molecule has 0 atom stereocenters. The van der Waals surface area contributed by atoms with Crippen LogP contribution in [0.15, 0.2) is 23.1 Å². The second-order valence-electron chi connectivity index (χ2n) is 3.36. The molecule has 1 aromatic rings. The van der Waals surface area contributed by atoms with Gasteiger partial charge in [0.2, 0.25) is 0 Å². The van der Waals surface area contributed by atoms with Crippen molar-refractivity contribution in [1.82, 2.24) is 0 Å². The molecule has 0 amide bonds. The minimum absolute atomic E-state index is 0.0183. The molecule has 0 aromatic heterocycles. The first kappa shape index (κ1) is 13.3. The van der Waals surface area contributed by atoms with Gasteiger partial charge < -0.3 is 10.5 Å². The Balaban J connectivity index is 2.90. The zero-order valence-corrected chi connectivity index (χ0v) is 10.5. The van der Waals surface area contributed by atoms with Gasteiger partial charge in [0, 0.05) is 19.4 Å². The first-order chi connectivity index (χ1) is 7.47. The van der Waals surface area contributed by atoms with Gasteiger partial charge in [-0.1, -0.05) is 11.6 Å². The van der Waals surface area contributed by atoms with Crippen LogP contribution in [0.5, 0.6) is 0 Å². The Morgan fingerprint density at radius 1 is 1.44 bits per heavy atom. The lowest BCUT2D eigenvalue weighted by Gasteiger charge is -2.06. The third kappa shape index (κ3) is 3.37. The Kier molecular flexibility index (Phi) is 4.58. The number of rotatable bonds is 5. The van der Waals surface area contributed by atoms with E-state index in [2.05, 4.69) is 0 Å². The summed E-state index contributed by atoms with van der Waals surface area (Å²) in [5, 5.41) is 0.164. The lowest BCUT2D eigenvalue weighted by atomic mass is 10.3. The highest BCUT2D eigenvalue weighted by Crippen LogP contribution is 2.24. The highest BCUT2D eigenvalue weighted by atomic mass is 35.5. The molecule has 90 valence electrons. The average molecular weight is 264 g/mol. The summed E-state index contributed by atoms with van der Waals surface area (Å²) in [6, 6.07) is 4.39. The second-order valence-corrected chi connectivity index (χ2v) is 5.84. The second kappa shape index (κ2) is 5.52. The van der Waals surface area contributed by atoms with E-state index in [1.807, 2.05) is 0 Å². The van der Waals surface area contributed by atoms with Gasteiger partial charge in [-0.2, -0.15) is 0 Å². The molecule has 4 nitrogen and oxygen atoms in total. The first-order valence-corrected chi connectivity index (χ1v) is 6.77. The van der Waals surface area contributed by atoms with E-state index in [4.69, 9.17) is 22.1 Å². The van der Waals surface area contributed by atoms with Crippen molar-refractivity contribution in [3.8, 4) is 0 Å². The van der Waals surface area contributed by atoms with Gasteiger partial charge in [-0.25, -0.2) is 8.42 Å². The number of benzene rings is 1. The predicted molar refractivity (Wildman–Crippen MR) is 64.4 cm³/mol. The number of hydrogen-bond acceptors (Lipinski definition) is 4. The average Bonchev–Trinajstić information content (AvgIpc) is 2.17. The highest BCUT2D eigenvalue weighted by Gasteiger charge is 2.17. The van der Waals surface area contributed by atoms with E-state index in [-0.39, 0.29) is 15.7 Å². The molecule has 2 N–H and O–H groups in total. The van der Waals surface area contributed by atoms with Crippen molar-refractivity contribution in [2.24, 2.45) is 0 Å². The molecular formula is C10H14ClNO3S. The molecule has 16 heavy (non-hydrogen) atoms. The number of nitrogen functional groups attached to an aromatic ring is 1. The molecule has 0 aliphatic carbocycles. The van der Waals surface area contributed by atoms with Crippen LogP contribution in [-0.4, -0.2) is 27.9 Å². The highest BCUT2D eigenvalue weighted by molar-refractivity contribution is 7.91. The van der Waals surface area contributed by atoms with Gasteiger partial charge in [0.25, 0.3) is 0 Å². The van der Waals surface area contributed by atoms with E-state index in [0.29, 0.717) is 18.7 Å². The van der Waals surface area contributed by atoms with E-state index in [1.165, 1.54) is 25.3 Å². The third-order valence-corrected chi connectivity index (χ3v) is 4.33. The van der Waals surface area contributed by atoms with E-state index in [9.17, 15) is 8.42 Å². The summed E-state index contributed by atoms with van der Waals surface area (Å²) in [5.74, 6) is 0.0183. The molecule has 0 saturated carbocycles. The van der Waals surface area contributed by atoms with Crippen LogP contribution in [0, 0.1) is 0 Å². The third-order valence-electron chi connectivity index (χ3n) is 2.05. The molecule has 0 fully saturated rings. The molecule has 6 heteroatoms. The molecule has 0 aliphatic rings. The molecule has 0 radical (unpaired) electrons. The molecule has 0 bridgehead atoms. The van der Waals surface area contributed by atoms with Crippen LogP contribution in [0.2, 0.25) is 5.02 Å². The Labute approximate surface area is 100 Å². The predicted octanol–water partition coefficient (Wildman–Crippen LogP) is 1.73. The van der Waals surface area contributed by atoms with Crippen LogP contribution in [-0.2, 0) is 14.6 Å². The fraction of sp³-hybridized carbons (Fsp3) is 0.400. The molecular weight excluding hydrogens is 250 g/mol. The van der Waals surface area contributed by atoms with Gasteiger partial charge in [0.1, 0.15) is 0 Å². The zero-order valence-electron chi connectivity index (χ0n) is 8.94. The van der Waals surface area contributed by atoms with Crippen molar-refractivity contribution in [2.75, 3.05) is 25.2 Å². The number of nitrogens with two attached hydrogens (primary N) is 1. The van der Waals surface area contributed by atoms with Gasteiger partial charge in [-0.05, 0) is 24.6 Å². The Bertz CT molecular complexity index is 459. The van der Waals surface area contributed by atoms with E-state index < -0.39 is 9.84 Å². The number of hydrogen-bond donors (Lipinski definition) is 1. The fourth-order valence-corrected chi connectivity index (χ4v) is 3.16. The largest absolute Gasteiger partial charge is 0.399 e. The standard InChI is InChI=1S/C10H14ClNO3S/c1-15-5-2-6-16(13,14)10-4-3-8(12)7-9(10)11/h3-4,7H,2,5-6,12H2,1H3. The number of halogens is 1. The van der Waals surface area contributed by atoms with Crippen LogP contribution >= 0.6 is 11.6 Å². The van der Waals surface area contributed by atoms with Gasteiger partial charge in [-0.15, -0.1) is 0 Å². The molecule has 1 rings (SSSR count). The van der Waals surface area contributed by atoms with Crippen molar-refractivity contribution in [2.45, 2.75) is 11.3 Å². The molecule has 1 aromatic carbocycles. The Morgan fingerprint density at radius 2 is 2.12 bits per heavy atom. The summed E-state index contributed by atoms with van der Waals surface area (Å²) in [7, 11) is -1.82. The summed E-state index contributed by atoms with van der Waals surface area (Å²) in [6.07, 6.45) is 0.444. The lowest BCUT2D eigenvalue weighted by molar-refractivity contribution is 0.199. The maximum Gasteiger partial charge on any atom is 0.179 e. The lowest BCUT2D eigenvalue weighted by Crippen LogP contribution is -2.09. The number of methoxy groups -OCH3 is 1. The van der Waals surface area contributed by atoms with E-state index in [0.717, 1.165) is 0 Å². The minimum atomic E-state index is -3.35. The topological polar surface area (TPSA) is 69.4 Å². The Morgan fingerprint density at radius 3 is 2.69 bits per heavy atom. The summed E-state index contributed by atoms with van der Waals surface area (Å²) in [5.41, 5.74) is 5.94. The SMILES string of the molecule is COCCCS(=O)(=O)c1ccc(N)cc1Cl. The van der Waals surface area contributed by atoms with Crippen molar-refractivity contribution >= 4 is 27.1 Å². The van der Waals surface area contributed by atoms with Crippen LogP contribution < -0.4 is 5.73 Å². The van der Waals surface area contributed by atoms with Crippen LogP contribution in [0.4, 0.5) is 5.69 Å². The van der Waals surface area contributed by atoms with Crippen LogP contribution in [0.25, 0.3) is 0 Å². The normalized spacial score (nSPS) is 11.6. The number of anilines is 1. The van der Waals surface area contributed by atoms with E-state index >= 15 is 0 Å². The summed E-state index contributed by atoms with van der Waals surface area (Å²) >= 11 is 5.84. The molecule has 0 spiro atoms. The number of sulfone groups is 1. The van der Waals surface area contributed by atoms with Crippen molar-refractivity contribution in [3.05, 3.63) is 23.2 Å². The fourth-order valence-electron chi connectivity index (χ4n) is 1.27. The van der Waals surface area contributed by atoms with Crippen LogP contribution in [0.3, 0.4) is 0 Å².